The van der Waals surface area contributed by atoms with Crippen LogP contribution >= 0.6 is 24.0 Å². The van der Waals surface area contributed by atoms with Crippen molar-refractivity contribution < 1.29 is 14.3 Å². The quantitative estimate of drug-likeness (QED) is 0.743. The molecule has 1 amide bonds. The van der Waals surface area contributed by atoms with Gasteiger partial charge in [-0.15, -0.1) is 12.4 Å². The fourth-order valence-corrected chi connectivity index (χ4v) is 1.96. The van der Waals surface area contributed by atoms with Crippen LogP contribution in [0.3, 0.4) is 0 Å². The number of nitrogens with one attached hydrogen (secondary N) is 2. The molecular weight excluding hydrogens is 339 g/mol. The number of benzene rings is 1. The third kappa shape index (κ3) is 6.85. The SMILES string of the molecule is CNC(C)CNC(=O)c1cc(Cl)c(OCC(C)C)c(OC)c1.Cl. The summed E-state index contributed by atoms with van der Waals surface area (Å²) in [6.07, 6.45) is 0. The van der Waals surface area contributed by atoms with Gasteiger partial charge in [-0.3, -0.25) is 4.79 Å². The zero-order chi connectivity index (χ0) is 16.7. The molecule has 0 fully saturated rings. The molecule has 0 saturated carbocycles. The minimum atomic E-state index is -0.197. The summed E-state index contributed by atoms with van der Waals surface area (Å²) in [5.41, 5.74) is 0.446. The van der Waals surface area contributed by atoms with Gasteiger partial charge in [0.2, 0.25) is 0 Å². The summed E-state index contributed by atoms with van der Waals surface area (Å²) in [7, 11) is 3.37. The Morgan fingerprint density at radius 2 is 1.96 bits per heavy atom. The molecule has 0 aromatic heterocycles. The largest absolute Gasteiger partial charge is 0.493 e. The first-order chi connectivity index (χ1) is 10.4. The van der Waals surface area contributed by atoms with Gasteiger partial charge in [0, 0.05) is 18.2 Å². The molecule has 0 radical (unpaired) electrons. The van der Waals surface area contributed by atoms with Gasteiger partial charge in [0.05, 0.1) is 18.7 Å². The van der Waals surface area contributed by atoms with Gasteiger partial charge in [0.15, 0.2) is 11.5 Å². The molecule has 5 nitrogen and oxygen atoms in total. The Morgan fingerprint density at radius 3 is 2.48 bits per heavy atom. The lowest BCUT2D eigenvalue weighted by molar-refractivity contribution is 0.0950. The molecule has 2 N–H and O–H groups in total. The normalized spacial score (nSPS) is 11.6. The molecule has 23 heavy (non-hydrogen) atoms. The average Bonchev–Trinajstić information content (AvgIpc) is 2.49. The minimum absolute atomic E-state index is 0. The highest BCUT2D eigenvalue weighted by atomic mass is 35.5. The maximum absolute atomic E-state index is 12.2. The van der Waals surface area contributed by atoms with Crippen molar-refractivity contribution in [2.45, 2.75) is 26.8 Å². The molecule has 1 aromatic rings. The molecule has 0 aliphatic carbocycles. The van der Waals surface area contributed by atoms with Gasteiger partial charge in [-0.25, -0.2) is 0 Å². The molecule has 132 valence electrons. The first kappa shape index (κ1) is 21.8. The number of hydrogen-bond donors (Lipinski definition) is 2. The van der Waals surface area contributed by atoms with Crippen LogP contribution < -0.4 is 20.1 Å². The topological polar surface area (TPSA) is 59.6 Å². The van der Waals surface area contributed by atoms with Gasteiger partial charge < -0.3 is 20.1 Å². The minimum Gasteiger partial charge on any atom is -0.493 e. The number of carbonyl (C=O) groups excluding carboxylic acids is 1. The highest BCUT2D eigenvalue weighted by molar-refractivity contribution is 6.32. The first-order valence-electron chi connectivity index (χ1n) is 7.34. The van der Waals surface area contributed by atoms with Crippen molar-refractivity contribution in [1.82, 2.24) is 10.6 Å². The highest BCUT2D eigenvalue weighted by Crippen LogP contribution is 2.36. The van der Waals surface area contributed by atoms with Gasteiger partial charge in [0.1, 0.15) is 0 Å². The number of halogens is 2. The predicted octanol–water partition coefficient (Wildman–Crippen LogP) is 3.14. The fourth-order valence-electron chi connectivity index (χ4n) is 1.69. The molecule has 0 aliphatic rings. The van der Waals surface area contributed by atoms with E-state index in [9.17, 15) is 4.79 Å². The Morgan fingerprint density at radius 1 is 1.30 bits per heavy atom. The number of amides is 1. The summed E-state index contributed by atoms with van der Waals surface area (Å²) >= 11 is 6.23. The molecule has 1 rings (SSSR count). The third-order valence-corrected chi connectivity index (χ3v) is 3.39. The fraction of sp³-hybridized carbons (Fsp3) is 0.562. The number of hydrogen-bond acceptors (Lipinski definition) is 4. The van der Waals surface area contributed by atoms with Crippen LogP contribution in [-0.4, -0.2) is 39.3 Å². The van der Waals surface area contributed by atoms with E-state index in [4.69, 9.17) is 21.1 Å². The van der Waals surface area contributed by atoms with E-state index >= 15 is 0 Å². The summed E-state index contributed by atoms with van der Waals surface area (Å²) in [4.78, 5) is 12.2. The number of likely N-dealkylation sites (N-methyl/N-ethyl adjacent to an activating group) is 1. The van der Waals surface area contributed by atoms with Crippen molar-refractivity contribution in [3.05, 3.63) is 22.7 Å². The van der Waals surface area contributed by atoms with Crippen LogP contribution in [0.25, 0.3) is 0 Å². The van der Waals surface area contributed by atoms with Crippen molar-refractivity contribution in [2.24, 2.45) is 5.92 Å². The summed E-state index contributed by atoms with van der Waals surface area (Å²) < 4.78 is 11.0. The van der Waals surface area contributed by atoms with E-state index in [0.717, 1.165) is 0 Å². The van der Waals surface area contributed by atoms with Gasteiger partial charge in [-0.2, -0.15) is 0 Å². The summed E-state index contributed by atoms with van der Waals surface area (Å²) in [6.45, 7) is 7.13. The third-order valence-electron chi connectivity index (χ3n) is 3.11. The van der Waals surface area contributed by atoms with E-state index in [1.807, 2.05) is 27.8 Å². The number of methoxy groups -OCH3 is 1. The van der Waals surface area contributed by atoms with Gasteiger partial charge in [0.25, 0.3) is 5.91 Å². The van der Waals surface area contributed by atoms with Crippen LogP contribution in [-0.2, 0) is 0 Å². The second kappa shape index (κ2) is 10.6. The molecule has 1 unspecified atom stereocenters. The summed E-state index contributed by atoms with van der Waals surface area (Å²) in [6, 6.07) is 3.43. The zero-order valence-electron chi connectivity index (χ0n) is 14.2. The lowest BCUT2D eigenvalue weighted by atomic mass is 10.1. The standard InChI is InChI=1S/C16H25ClN2O3.ClH/c1-10(2)9-22-15-13(17)6-12(7-14(15)21-5)16(20)19-8-11(3)18-4;/h6-7,10-11,18H,8-9H2,1-5H3,(H,19,20);1H. The van der Waals surface area contributed by atoms with Crippen LogP contribution in [0.2, 0.25) is 5.02 Å². The van der Waals surface area contributed by atoms with Crippen LogP contribution in [0.1, 0.15) is 31.1 Å². The van der Waals surface area contributed by atoms with Gasteiger partial charge in [-0.1, -0.05) is 25.4 Å². The highest BCUT2D eigenvalue weighted by Gasteiger charge is 2.16. The van der Waals surface area contributed by atoms with E-state index < -0.39 is 0 Å². The number of rotatable bonds is 8. The van der Waals surface area contributed by atoms with Crippen LogP contribution in [0, 0.1) is 5.92 Å². The average molecular weight is 365 g/mol. The van der Waals surface area contributed by atoms with E-state index in [-0.39, 0.29) is 24.4 Å². The van der Waals surface area contributed by atoms with Crippen molar-refractivity contribution in [2.75, 3.05) is 27.3 Å². The Bertz CT molecular complexity index is 510. The second-order valence-electron chi connectivity index (χ2n) is 5.59. The van der Waals surface area contributed by atoms with E-state index in [0.29, 0.717) is 41.2 Å². The zero-order valence-corrected chi connectivity index (χ0v) is 15.8. The molecule has 0 aliphatic heterocycles. The Hall–Kier alpha value is -1.17. The molecule has 7 heteroatoms. The van der Waals surface area contributed by atoms with Crippen molar-refractivity contribution >= 4 is 29.9 Å². The molecule has 1 atom stereocenters. The lowest BCUT2D eigenvalue weighted by Crippen LogP contribution is -2.37. The maximum atomic E-state index is 12.2. The Balaban J connectivity index is 0.00000484. The van der Waals surface area contributed by atoms with Gasteiger partial charge in [-0.05, 0) is 32.0 Å². The van der Waals surface area contributed by atoms with Crippen molar-refractivity contribution in [3.8, 4) is 11.5 Å². The molecule has 0 saturated heterocycles. The molecular formula is C16H26Cl2N2O3. The Labute approximate surface area is 149 Å². The van der Waals surface area contributed by atoms with Gasteiger partial charge >= 0.3 is 0 Å². The van der Waals surface area contributed by atoms with Crippen LogP contribution in [0.4, 0.5) is 0 Å². The molecule has 0 spiro atoms. The second-order valence-corrected chi connectivity index (χ2v) is 6.00. The lowest BCUT2D eigenvalue weighted by Gasteiger charge is -2.16. The van der Waals surface area contributed by atoms with Crippen molar-refractivity contribution in [3.63, 3.8) is 0 Å². The number of carbonyl (C=O) groups is 1. The number of ether oxygens (including phenoxy) is 2. The maximum Gasteiger partial charge on any atom is 0.251 e. The molecule has 0 heterocycles. The van der Waals surface area contributed by atoms with E-state index in [1.165, 1.54) is 7.11 Å². The predicted molar refractivity (Wildman–Crippen MR) is 96.4 cm³/mol. The van der Waals surface area contributed by atoms with E-state index in [2.05, 4.69) is 10.6 Å². The summed E-state index contributed by atoms with van der Waals surface area (Å²) in [5.74, 6) is 1.10. The smallest absolute Gasteiger partial charge is 0.251 e. The van der Waals surface area contributed by atoms with E-state index in [1.54, 1.807) is 12.1 Å². The first-order valence-corrected chi connectivity index (χ1v) is 7.72. The van der Waals surface area contributed by atoms with Crippen LogP contribution in [0.15, 0.2) is 12.1 Å². The molecule has 0 bridgehead atoms. The summed E-state index contributed by atoms with van der Waals surface area (Å²) in [5, 5.41) is 6.27. The molecule has 1 aromatic carbocycles. The Kier molecular flexibility index (Phi) is 10.0. The van der Waals surface area contributed by atoms with Crippen molar-refractivity contribution in [1.29, 1.82) is 0 Å². The monoisotopic (exact) mass is 364 g/mol. The van der Waals surface area contributed by atoms with Crippen LogP contribution in [0.5, 0.6) is 11.5 Å².